The Bertz CT molecular complexity index is 598. The van der Waals surface area contributed by atoms with Gasteiger partial charge in [0.25, 0.3) is 0 Å². The van der Waals surface area contributed by atoms with E-state index in [4.69, 9.17) is 0 Å². The molecule has 0 unspecified atom stereocenters. The molecule has 0 heterocycles. The molecule has 0 heteroatoms. The summed E-state index contributed by atoms with van der Waals surface area (Å²) in [6.45, 7) is 0. The SMILES string of the molecule is c1ccc(C23CC4CC(C2)CC(c2ccccc2)(C4)C3)cc1. The van der Waals surface area contributed by atoms with Gasteiger partial charge in [-0.3, -0.25) is 0 Å². The van der Waals surface area contributed by atoms with Gasteiger partial charge in [-0.25, -0.2) is 0 Å². The molecule has 0 radical (unpaired) electrons. The molecule has 2 aromatic carbocycles. The average molecular weight is 288 g/mol. The van der Waals surface area contributed by atoms with Crippen LogP contribution in [0.1, 0.15) is 49.7 Å². The second-order valence-corrected chi connectivity index (χ2v) is 8.25. The Kier molecular flexibility index (Phi) is 2.63. The standard InChI is InChI=1S/C22H24/c1-3-7-19(8-4-1)21-12-17-11-18(13-21)15-22(14-17,16-21)20-9-5-2-6-10-20/h1-10,17-18H,11-16H2. The van der Waals surface area contributed by atoms with E-state index in [1.807, 2.05) is 0 Å². The molecule has 112 valence electrons. The molecule has 2 aromatic rings. The van der Waals surface area contributed by atoms with Gasteiger partial charge in [-0.15, -0.1) is 0 Å². The lowest BCUT2D eigenvalue weighted by Gasteiger charge is -2.62. The van der Waals surface area contributed by atoms with Crippen LogP contribution < -0.4 is 0 Å². The molecule has 4 bridgehead atoms. The van der Waals surface area contributed by atoms with Gasteiger partial charge >= 0.3 is 0 Å². The van der Waals surface area contributed by atoms with Gasteiger partial charge in [0.2, 0.25) is 0 Å². The predicted molar refractivity (Wildman–Crippen MR) is 90.9 cm³/mol. The lowest BCUT2D eigenvalue weighted by Crippen LogP contribution is -2.55. The van der Waals surface area contributed by atoms with E-state index in [1.54, 1.807) is 11.1 Å². The summed E-state index contributed by atoms with van der Waals surface area (Å²) >= 11 is 0. The van der Waals surface area contributed by atoms with Crippen molar-refractivity contribution in [3.63, 3.8) is 0 Å². The van der Waals surface area contributed by atoms with Gasteiger partial charge < -0.3 is 0 Å². The first kappa shape index (κ1) is 12.9. The zero-order chi connectivity index (χ0) is 14.6. The third-order valence-corrected chi connectivity index (χ3v) is 6.83. The van der Waals surface area contributed by atoms with Crippen LogP contribution in [-0.4, -0.2) is 0 Å². The van der Waals surface area contributed by atoms with E-state index in [1.165, 1.54) is 38.5 Å². The van der Waals surface area contributed by atoms with Crippen molar-refractivity contribution < 1.29 is 0 Å². The van der Waals surface area contributed by atoms with Crippen molar-refractivity contribution in [2.75, 3.05) is 0 Å². The smallest absolute Gasteiger partial charge is 0.00332 e. The first-order chi connectivity index (χ1) is 10.8. The zero-order valence-electron chi connectivity index (χ0n) is 13.2. The molecule has 4 aliphatic carbocycles. The van der Waals surface area contributed by atoms with Crippen LogP contribution >= 0.6 is 0 Å². The second-order valence-electron chi connectivity index (χ2n) is 8.25. The number of hydrogen-bond acceptors (Lipinski definition) is 0. The van der Waals surface area contributed by atoms with E-state index in [0.29, 0.717) is 10.8 Å². The molecule has 0 amide bonds. The van der Waals surface area contributed by atoms with Gasteiger partial charge in [-0.1, -0.05) is 60.7 Å². The van der Waals surface area contributed by atoms with Crippen LogP contribution in [0.15, 0.2) is 60.7 Å². The zero-order valence-corrected chi connectivity index (χ0v) is 13.2. The summed E-state index contributed by atoms with van der Waals surface area (Å²) in [7, 11) is 0. The maximum atomic E-state index is 2.39. The molecule has 0 aromatic heterocycles. The van der Waals surface area contributed by atoms with Crippen LogP contribution in [0.4, 0.5) is 0 Å². The molecular weight excluding hydrogens is 264 g/mol. The average Bonchev–Trinajstić information content (AvgIpc) is 2.55. The molecule has 4 aliphatic rings. The van der Waals surface area contributed by atoms with Gasteiger partial charge in [0.15, 0.2) is 0 Å². The summed E-state index contributed by atoms with van der Waals surface area (Å²) in [4.78, 5) is 0. The van der Waals surface area contributed by atoms with Crippen LogP contribution in [-0.2, 0) is 10.8 Å². The highest BCUT2D eigenvalue weighted by Gasteiger charge is 2.58. The Hall–Kier alpha value is -1.56. The van der Waals surface area contributed by atoms with Crippen molar-refractivity contribution in [3.05, 3.63) is 71.8 Å². The van der Waals surface area contributed by atoms with E-state index in [2.05, 4.69) is 60.7 Å². The minimum Gasteiger partial charge on any atom is -0.0622 e. The fourth-order valence-electron chi connectivity index (χ4n) is 6.52. The lowest BCUT2D eigenvalue weighted by atomic mass is 9.42. The number of rotatable bonds is 2. The fourth-order valence-corrected chi connectivity index (χ4v) is 6.52. The van der Waals surface area contributed by atoms with Crippen molar-refractivity contribution in [1.82, 2.24) is 0 Å². The molecule has 22 heavy (non-hydrogen) atoms. The van der Waals surface area contributed by atoms with E-state index in [0.717, 1.165) is 11.8 Å². The minimum absolute atomic E-state index is 0.460. The van der Waals surface area contributed by atoms with E-state index in [9.17, 15) is 0 Å². The van der Waals surface area contributed by atoms with Crippen molar-refractivity contribution >= 4 is 0 Å². The Morgan fingerprint density at radius 1 is 0.591 bits per heavy atom. The molecule has 0 aliphatic heterocycles. The van der Waals surface area contributed by atoms with Crippen LogP contribution in [0.2, 0.25) is 0 Å². The summed E-state index contributed by atoms with van der Waals surface area (Å²) in [5.41, 5.74) is 4.15. The molecule has 0 N–H and O–H groups in total. The normalized spacial score (nSPS) is 39.1. The van der Waals surface area contributed by atoms with Crippen LogP contribution in [0.5, 0.6) is 0 Å². The highest BCUT2D eigenvalue weighted by molar-refractivity contribution is 5.37. The molecule has 0 atom stereocenters. The molecule has 0 spiro atoms. The maximum absolute atomic E-state index is 2.39. The van der Waals surface area contributed by atoms with Crippen LogP contribution in [0, 0.1) is 11.8 Å². The van der Waals surface area contributed by atoms with Crippen molar-refractivity contribution in [1.29, 1.82) is 0 Å². The predicted octanol–water partition coefficient (Wildman–Crippen LogP) is 5.48. The van der Waals surface area contributed by atoms with Crippen LogP contribution in [0.3, 0.4) is 0 Å². The largest absolute Gasteiger partial charge is 0.0622 e. The number of hydrogen-bond donors (Lipinski definition) is 0. The first-order valence-electron chi connectivity index (χ1n) is 8.89. The quantitative estimate of drug-likeness (QED) is 0.686. The highest BCUT2D eigenvalue weighted by atomic mass is 14.6. The Morgan fingerprint density at radius 3 is 1.41 bits per heavy atom. The molecule has 0 nitrogen and oxygen atoms in total. The van der Waals surface area contributed by atoms with Crippen molar-refractivity contribution in [2.24, 2.45) is 11.8 Å². The van der Waals surface area contributed by atoms with E-state index < -0.39 is 0 Å². The maximum Gasteiger partial charge on any atom is -0.00332 e. The Balaban J connectivity index is 1.63. The summed E-state index contributed by atoms with van der Waals surface area (Å²) in [5.74, 6) is 1.89. The summed E-state index contributed by atoms with van der Waals surface area (Å²) < 4.78 is 0. The summed E-state index contributed by atoms with van der Waals surface area (Å²) in [6.07, 6.45) is 8.60. The van der Waals surface area contributed by atoms with Crippen molar-refractivity contribution in [3.8, 4) is 0 Å². The van der Waals surface area contributed by atoms with Gasteiger partial charge in [-0.2, -0.15) is 0 Å². The van der Waals surface area contributed by atoms with E-state index in [-0.39, 0.29) is 0 Å². The molecular formula is C22H24. The second kappa shape index (κ2) is 4.47. The van der Waals surface area contributed by atoms with Gasteiger partial charge in [0, 0.05) is 0 Å². The molecule has 6 rings (SSSR count). The first-order valence-corrected chi connectivity index (χ1v) is 8.89. The Morgan fingerprint density at radius 2 is 1.00 bits per heavy atom. The summed E-state index contributed by atoms with van der Waals surface area (Å²) in [6, 6.07) is 22.9. The van der Waals surface area contributed by atoms with Gasteiger partial charge in [0.05, 0.1) is 0 Å². The van der Waals surface area contributed by atoms with Gasteiger partial charge in [0.1, 0.15) is 0 Å². The minimum atomic E-state index is 0.460. The van der Waals surface area contributed by atoms with Crippen molar-refractivity contribution in [2.45, 2.75) is 49.4 Å². The third kappa shape index (κ3) is 1.76. The highest BCUT2D eigenvalue weighted by Crippen LogP contribution is 2.66. The Labute approximate surface area is 133 Å². The topological polar surface area (TPSA) is 0 Å². The summed E-state index contributed by atoms with van der Waals surface area (Å²) in [5, 5.41) is 0. The number of benzene rings is 2. The van der Waals surface area contributed by atoms with Crippen LogP contribution in [0.25, 0.3) is 0 Å². The monoisotopic (exact) mass is 288 g/mol. The molecule has 4 fully saturated rings. The van der Waals surface area contributed by atoms with Gasteiger partial charge in [-0.05, 0) is 72.3 Å². The lowest BCUT2D eigenvalue weighted by molar-refractivity contribution is -0.0281. The third-order valence-electron chi connectivity index (χ3n) is 6.83. The molecule has 4 saturated carbocycles. The fraction of sp³-hybridized carbons (Fsp3) is 0.455. The van der Waals surface area contributed by atoms with E-state index >= 15 is 0 Å². The molecule has 0 saturated heterocycles.